The van der Waals surface area contributed by atoms with Crippen molar-refractivity contribution in [2.75, 3.05) is 18.0 Å². The Morgan fingerprint density at radius 2 is 1.89 bits per heavy atom. The van der Waals surface area contributed by atoms with E-state index in [9.17, 15) is 9.90 Å². The van der Waals surface area contributed by atoms with Gasteiger partial charge in [-0.2, -0.15) is 0 Å². The molecule has 0 spiro atoms. The molecule has 1 aromatic carbocycles. The van der Waals surface area contributed by atoms with Crippen LogP contribution in [0.15, 0.2) is 36.5 Å². The van der Waals surface area contributed by atoms with Crippen LogP contribution in [0, 0.1) is 0 Å². The van der Waals surface area contributed by atoms with Gasteiger partial charge in [-0.15, -0.1) is 0 Å². The van der Waals surface area contributed by atoms with Crippen molar-refractivity contribution in [1.82, 2.24) is 14.9 Å². The number of amides is 1. The maximum Gasteiger partial charge on any atom is 0.255 e. The monoisotopic (exact) mass is 368 g/mol. The molecule has 1 unspecified atom stereocenters. The molecule has 1 amide bonds. The molecule has 3 rings (SSSR count). The average Bonchev–Trinajstić information content (AvgIpc) is 3.07. The molecule has 1 aromatic heterocycles. The van der Waals surface area contributed by atoms with Gasteiger partial charge in [0.25, 0.3) is 5.91 Å². The minimum atomic E-state index is -0.317. The molecule has 1 N–H and O–H groups in total. The number of hydrogen-bond acceptors (Lipinski definition) is 5. The van der Waals surface area contributed by atoms with Crippen LogP contribution in [0.1, 0.15) is 44.5 Å². The number of carbonyl (C=O) groups is 1. The Morgan fingerprint density at radius 3 is 2.52 bits per heavy atom. The van der Waals surface area contributed by atoms with Gasteiger partial charge >= 0.3 is 0 Å². The summed E-state index contributed by atoms with van der Waals surface area (Å²) in [7, 11) is 0. The van der Waals surface area contributed by atoms with Crippen molar-refractivity contribution in [2.24, 2.45) is 0 Å². The first-order valence-electron chi connectivity index (χ1n) is 9.56. The minimum absolute atomic E-state index is 0.0128. The largest absolute Gasteiger partial charge is 0.391 e. The molecule has 0 aliphatic carbocycles. The summed E-state index contributed by atoms with van der Waals surface area (Å²) in [4.78, 5) is 26.3. The summed E-state index contributed by atoms with van der Waals surface area (Å²) in [5, 5.41) is 9.79. The lowest BCUT2D eigenvalue weighted by Gasteiger charge is -2.31. The van der Waals surface area contributed by atoms with Crippen LogP contribution in [-0.2, 0) is 0 Å². The molecule has 2 heterocycles. The van der Waals surface area contributed by atoms with Crippen LogP contribution < -0.4 is 4.90 Å². The summed E-state index contributed by atoms with van der Waals surface area (Å²) < 4.78 is 0. The summed E-state index contributed by atoms with van der Waals surface area (Å²) in [6, 6.07) is 9.55. The molecular formula is C21H28N4O2. The molecular weight excluding hydrogens is 340 g/mol. The van der Waals surface area contributed by atoms with Crippen LogP contribution in [0.2, 0.25) is 0 Å². The zero-order valence-corrected chi connectivity index (χ0v) is 16.5. The molecule has 6 nitrogen and oxygen atoms in total. The fourth-order valence-electron chi connectivity index (χ4n) is 3.67. The molecule has 1 saturated heterocycles. The Bertz CT molecular complexity index is 798. The molecule has 2 aromatic rings. The third-order valence-electron chi connectivity index (χ3n) is 4.87. The fourth-order valence-corrected chi connectivity index (χ4v) is 3.67. The number of rotatable bonds is 5. The lowest BCUT2D eigenvalue weighted by atomic mass is 10.0. The molecule has 144 valence electrons. The van der Waals surface area contributed by atoms with Gasteiger partial charge < -0.3 is 14.9 Å². The molecule has 1 aliphatic heterocycles. The van der Waals surface area contributed by atoms with Gasteiger partial charge in [-0.25, -0.2) is 9.97 Å². The normalized spacial score (nSPS) is 17.0. The SMILES string of the molecule is CC(C)N(C(=O)c1ccccc1-c1nccc(N2CCC(O)C2)n1)C(C)C. The van der Waals surface area contributed by atoms with Crippen molar-refractivity contribution in [3.05, 3.63) is 42.1 Å². The van der Waals surface area contributed by atoms with Crippen molar-refractivity contribution >= 4 is 11.7 Å². The van der Waals surface area contributed by atoms with E-state index in [-0.39, 0.29) is 24.1 Å². The van der Waals surface area contributed by atoms with Crippen molar-refractivity contribution in [3.8, 4) is 11.4 Å². The van der Waals surface area contributed by atoms with E-state index in [0.29, 0.717) is 17.9 Å². The molecule has 0 bridgehead atoms. The van der Waals surface area contributed by atoms with Crippen LogP contribution in [0.4, 0.5) is 5.82 Å². The van der Waals surface area contributed by atoms with Crippen molar-refractivity contribution in [2.45, 2.75) is 52.3 Å². The van der Waals surface area contributed by atoms with E-state index in [1.807, 2.05) is 62.9 Å². The van der Waals surface area contributed by atoms with Crippen LogP contribution in [0.3, 0.4) is 0 Å². The highest BCUT2D eigenvalue weighted by atomic mass is 16.3. The number of aliphatic hydroxyl groups excluding tert-OH is 1. The van der Waals surface area contributed by atoms with Gasteiger partial charge in [-0.05, 0) is 46.2 Å². The third-order valence-corrected chi connectivity index (χ3v) is 4.87. The third kappa shape index (κ3) is 4.11. The molecule has 0 saturated carbocycles. The van der Waals surface area contributed by atoms with E-state index in [0.717, 1.165) is 24.3 Å². The highest BCUT2D eigenvalue weighted by molar-refractivity contribution is 6.00. The van der Waals surface area contributed by atoms with Gasteiger partial charge in [0.1, 0.15) is 5.82 Å². The number of aromatic nitrogens is 2. The van der Waals surface area contributed by atoms with Crippen LogP contribution >= 0.6 is 0 Å². The summed E-state index contributed by atoms with van der Waals surface area (Å²) in [5.41, 5.74) is 1.34. The second kappa shape index (κ2) is 8.05. The topological polar surface area (TPSA) is 69.6 Å². The Balaban J connectivity index is 1.98. The highest BCUT2D eigenvalue weighted by Crippen LogP contribution is 2.26. The molecule has 1 aliphatic rings. The maximum absolute atomic E-state index is 13.2. The average molecular weight is 368 g/mol. The van der Waals surface area contributed by atoms with Crippen LogP contribution in [0.25, 0.3) is 11.4 Å². The van der Waals surface area contributed by atoms with Gasteiger partial charge in [0.2, 0.25) is 0 Å². The van der Waals surface area contributed by atoms with E-state index in [1.54, 1.807) is 6.20 Å². The first-order valence-corrected chi connectivity index (χ1v) is 9.56. The lowest BCUT2D eigenvalue weighted by Crippen LogP contribution is -2.42. The van der Waals surface area contributed by atoms with Gasteiger partial charge in [-0.1, -0.05) is 18.2 Å². The van der Waals surface area contributed by atoms with Crippen LogP contribution in [0.5, 0.6) is 0 Å². The second-order valence-corrected chi connectivity index (χ2v) is 7.57. The first-order chi connectivity index (χ1) is 12.9. The van der Waals surface area contributed by atoms with Crippen molar-refractivity contribution in [1.29, 1.82) is 0 Å². The number of aliphatic hydroxyl groups is 1. The number of nitrogens with zero attached hydrogens (tertiary/aromatic N) is 4. The quantitative estimate of drug-likeness (QED) is 0.879. The Hall–Kier alpha value is -2.47. The molecule has 6 heteroatoms. The highest BCUT2D eigenvalue weighted by Gasteiger charge is 2.26. The molecule has 27 heavy (non-hydrogen) atoms. The number of β-amino-alcohol motifs (C(OH)–C–C–N with tert-alkyl or cyclic N) is 1. The molecule has 1 atom stereocenters. The number of benzene rings is 1. The summed E-state index contributed by atoms with van der Waals surface area (Å²) >= 11 is 0. The van der Waals surface area contributed by atoms with Crippen molar-refractivity contribution in [3.63, 3.8) is 0 Å². The van der Waals surface area contributed by atoms with Crippen LogP contribution in [-0.4, -0.2) is 57.2 Å². The van der Waals surface area contributed by atoms with E-state index in [1.165, 1.54) is 0 Å². The van der Waals surface area contributed by atoms with E-state index < -0.39 is 0 Å². The summed E-state index contributed by atoms with van der Waals surface area (Å²) in [5.74, 6) is 1.30. The van der Waals surface area contributed by atoms with Gasteiger partial charge in [0.15, 0.2) is 5.82 Å². The zero-order valence-electron chi connectivity index (χ0n) is 16.5. The lowest BCUT2D eigenvalue weighted by molar-refractivity contribution is 0.0644. The smallest absolute Gasteiger partial charge is 0.255 e. The number of carbonyl (C=O) groups excluding carboxylic acids is 1. The van der Waals surface area contributed by atoms with Crippen molar-refractivity contribution < 1.29 is 9.90 Å². The Morgan fingerprint density at radius 1 is 1.19 bits per heavy atom. The predicted molar refractivity (Wildman–Crippen MR) is 107 cm³/mol. The van der Waals surface area contributed by atoms with Gasteiger partial charge in [0, 0.05) is 36.9 Å². The number of anilines is 1. The van der Waals surface area contributed by atoms with Gasteiger partial charge in [0.05, 0.1) is 11.7 Å². The summed E-state index contributed by atoms with van der Waals surface area (Å²) in [6.45, 7) is 9.44. The second-order valence-electron chi connectivity index (χ2n) is 7.57. The minimum Gasteiger partial charge on any atom is -0.391 e. The molecule has 1 fully saturated rings. The number of hydrogen-bond donors (Lipinski definition) is 1. The molecule has 0 radical (unpaired) electrons. The zero-order chi connectivity index (χ0) is 19.6. The predicted octanol–water partition coefficient (Wildman–Crippen LogP) is 2.97. The first kappa shape index (κ1) is 19.3. The van der Waals surface area contributed by atoms with E-state index >= 15 is 0 Å². The summed E-state index contributed by atoms with van der Waals surface area (Å²) in [6.07, 6.45) is 2.14. The van der Waals surface area contributed by atoms with Gasteiger partial charge in [-0.3, -0.25) is 4.79 Å². The standard InChI is InChI=1S/C21H28N4O2/c1-14(2)25(15(3)4)21(27)18-8-6-5-7-17(18)20-22-11-9-19(23-20)24-12-10-16(26)13-24/h5-9,11,14-16,26H,10,12-13H2,1-4H3. The maximum atomic E-state index is 13.2. The van der Waals surface area contributed by atoms with E-state index in [2.05, 4.69) is 14.9 Å². The Kier molecular flexibility index (Phi) is 5.75. The Labute approximate surface area is 160 Å². The van der Waals surface area contributed by atoms with E-state index in [4.69, 9.17) is 0 Å². The fraction of sp³-hybridized carbons (Fsp3) is 0.476.